The molecule has 4 nitrogen and oxygen atoms in total. The van der Waals surface area contributed by atoms with Gasteiger partial charge in [0, 0.05) is 12.6 Å². The first-order valence-electron chi connectivity index (χ1n) is 6.24. The van der Waals surface area contributed by atoms with Gasteiger partial charge in [0.25, 0.3) is 5.91 Å². The minimum Gasteiger partial charge on any atom is -0.469 e. The van der Waals surface area contributed by atoms with Crippen LogP contribution in [0.4, 0.5) is 0 Å². The van der Waals surface area contributed by atoms with Gasteiger partial charge in [0.05, 0.1) is 5.56 Å². The average molecular weight is 236 g/mol. The molecule has 94 valence electrons. The third kappa shape index (κ3) is 3.33. The Labute approximate surface area is 102 Å². The zero-order chi connectivity index (χ0) is 12.3. The lowest BCUT2D eigenvalue weighted by molar-refractivity contribution is 0.0942. The van der Waals surface area contributed by atoms with Crippen LogP contribution >= 0.6 is 0 Å². The highest BCUT2D eigenvalue weighted by molar-refractivity contribution is 5.93. The number of carbonyl (C=O) groups excluding carboxylic acids is 1. The fourth-order valence-corrected chi connectivity index (χ4v) is 2.42. The van der Waals surface area contributed by atoms with Crippen LogP contribution in [0.2, 0.25) is 0 Å². The van der Waals surface area contributed by atoms with Crippen molar-refractivity contribution in [2.75, 3.05) is 6.54 Å². The third-order valence-corrected chi connectivity index (χ3v) is 3.37. The van der Waals surface area contributed by atoms with E-state index in [4.69, 9.17) is 10.2 Å². The molecule has 4 heteroatoms. The Morgan fingerprint density at radius 3 is 3.06 bits per heavy atom. The Morgan fingerprint density at radius 1 is 1.59 bits per heavy atom. The molecule has 1 amide bonds. The zero-order valence-corrected chi connectivity index (χ0v) is 10.2. The summed E-state index contributed by atoms with van der Waals surface area (Å²) in [6.45, 7) is 2.55. The molecule has 3 N–H and O–H groups in total. The number of hydrogen-bond donors (Lipinski definition) is 2. The summed E-state index contributed by atoms with van der Waals surface area (Å²) in [7, 11) is 0. The first kappa shape index (κ1) is 12.2. The van der Waals surface area contributed by atoms with Gasteiger partial charge in [-0.15, -0.1) is 0 Å². The summed E-state index contributed by atoms with van der Waals surface area (Å²) in [6, 6.07) is 2.06. The quantitative estimate of drug-likeness (QED) is 0.841. The summed E-state index contributed by atoms with van der Waals surface area (Å²) in [5.74, 6) is 1.23. The van der Waals surface area contributed by atoms with Crippen LogP contribution in [0.15, 0.2) is 16.7 Å². The molecule has 0 spiro atoms. The summed E-state index contributed by atoms with van der Waals surface area (Å²) < 4.78 is 5.11. The Balaban J connectivity index is 1.80. The van der Waals surface area contributed by atoms with Crippen molar-refractivity contribution >= 4 is 5.91 Å². The molecule has 1 heterocycles. The molecule has 2 unspecified atom stereocenters. The summed E-state index contributed by atoms with van der Waals surface area (Å²) in [4.78, 5) is 11.8. The average Bonchev–Trinajstić information content (AvgIpc) is 2.73. The Hall–Kier alpha value is -1.29. The molecule has 0 aliphatic heterocycles. The van der Waals surface area contributed by atoms with Crippen molar-refractivity contribution in [2.45, 2.75) is 38.6 Å². The molecule has 2 rings (SSSR count). The highest BCUT2D eigenvalue weighted by atomic mass is 16.3. The number of aryl methyl sites for hydroxylation is 1. The van der Waals surface area contributed by atoms with Gasteiger partial charge in [-0.3, -0.25) is 4.79 Å². The van der Waals surface area contributed by atoms with Gasteiger partial charge in [0.2, 0.25) is 0 Å². The van der Waals surface area contributed by atoms with Crippen LogP contribution < -0.4 is 11.1 Å². The second-order valence-electron chi connectivity index (χ2n) is 4.95. The fourth-order valence-electron chi connectivity index (χ4n) is 2.42. The highest BCUT2D eigenvalue weighted by Gasteiger charge is 2.20. The predicted octanol–water partition coefficient (Wildman–Crippen LogP) is 1.84. The molecule has 1 aromatic rings. The van der Waals surface area contributed by atoms with Crippen LogP contribution in [0.3, 0.4) is 0 Å². The number of amides is 1. The second-order valence-corrected chi connectivity index (χ2v) is 4.95. The van der Waals surface area contributed by atoms with Gasteiger partial charge in [0.15, 0.2) is 0 Å². The van der Waals surface area contributed by atoms with Gasteiger partial charge >= 0.3 is 0 Å². The van der Waals surface area contributed by atoms with E-state index in [9.17, 15) is 4.79 Å². The summed E-state index contributed by atoms with van der Waals surface area (Å²) in [5.41, 5.74) is 6.52. The molecule has 0 radical (unpaired) electrons. The molecule has 2 atom stereocenters. The van der Waals surface area contributed by atoms with Crippen molar-refractivity contribution in [2.24, 2.45) is 11.7 Å². The first-order chi connectivity index (χ1) is 8.15. The van der Waals surface area contributed by atoms with E-state index in [1.807, 2.05) is 6.92 Å². The van der Waals surface area contributed by atoms with Crippen molar-refractivity contribution < 1.29 is 9.21 Å². The topological polar surface area (TPSA) is 68.3 Å². The summed E-state index contributed by atoms with van der Waals surface area (Å²) in [5, 5.41) is 2.95. The molecule has 1 aromatic heterocycles. The van der Waals surface area contributed by atoms with Crippen molar-refractivity contribution in [3.63, 3.8) is 0 Å². The van der Waals surface area contributed by atoms with Gasteiger partial charge in [-0.05, 0) is 38.2 Å². The van der Waals surface area contributed by atoms with Crippen LogP contribution in [-0.4, -0.2) is 18.5 Å². The molecular weight excluding hydrogens is 216 g/mol. The largest absolute Gasteiger partial charge is 0.469 e. The summed E-state index contributed by atoms with van der Waals surface area (Å²) >= 11 is 0. The van der Waals surface area contributed by atoms with Crippen molar-refractivity contribution in [1.29, 1.82) is 0 Å². The van der Waals surface area contributed by atoms with Crippen LogP contribution in [-0.2, 0) is 0 Å². The van der Waals surface area contributed by atoms with Gasteiger partial charge in [-0.25, -0.2) is 0 Å². The van der Waals surface area contributed by atoms with Gasteiger partial charge in [0.1, 0.15) is 12.0 Å². The predicted molar refractivity (Wildman–Crippen MR) is 65.7 cm³/mol. The number of nitrogens with one attached hydrogen (secondary N) is 1. The molecule has 17 heavy (non-hydrogen) atoms. The smallest absolute Gasteiger partial charge is 0.254 e. The van der Waals surface area contributed by atoms with E-state index < -0.39 is 0 Å². The fraction of sp³-hybridized carbons (Fsp3) is 0.615. The van der Waals surface area contributed by atoms with Crippen LogP contribution in [0.25, 0.3) is 0 Å². The Bertz CT molecular complexity index is 387. The molecule has 1 aliphatic carbocycles. The first-order valence-corrected chi connectivity index (χ1v) is 6.24. The molecule has 0 bridgehead atoms. The standard InChI is InChI=1S/C13H20N2O2/c1-9-5-11(8-17-9)13(16)15-7-10-3-2-4-12(14)6-10/h5,8,10,12H,2-4,6-7,14H2,1H3,(H,15,16). The number of furan rings is 1. The summed E-state index contributed by atoms with van der Waals surface area (Å²) in [6.07, 6.45) is 5.97. The monoisotopic (exact) mass is 236 g/mol. The maximum absolute atomic E-state index is 11.8. The number of rotatable bonds is 3. The SMILES string of the molecule is Cc1cc(C(=O)NCC2CCCC(N)C2)co1. The Kier molecular flexibility index (Phi) is 3.84. The molecule has 1 aliphatic rings. The molecule has 1 saturated carbocycles. The maximum atomic E-state index is 11.8. The molecule has 0 saturated heterocycles. The van der Waals surface area contributed by atoms with E-state index in [1.165, 1.54) is 19.1 Å². The maximum Gasteiger partial charge on any atom is 0.254 e. The number of hydrogen-bond acceptors (Lipinski definition) is 3. The molecule has 1 fully saturated rings. The normalized spacial score (nSPS) is 24.6. The minimum atomic E-state index is -0.0546. The van der Waals surface area contributed by atoms with E-state index >= 15 is 0 Å². The molecular formula is C13H20N2O2. The molecule has 0 aromatic carbocycles. The minimum absolute atomic E-state index is 0.0546. The zero-order valence-electron chi connectivity index (χ0n) is 10.2. The van der Waals surface area contributed by atoms with Crippen LogP contribution in [0, 0.1) is 12.8 Å². The number of nitrogens with two attached hydrogens (primary N) is 1. The lowest BCUT2D eigenvalue weighted by Gasteiger charge is -2.26. The highest BCUT2D eigenvalue weighted by Crippen LogP contribution is 2.22. The van der Waals surface area contributed by atoms with E-state index in [0.717, 1.165) is 25.1 Å². The van der Waals surface area contributed by atoms with Crippen LogP contribution in [0.1, 0.15) is 41.8 Å². The van der Waals surface area contributed by atoms with Crippen molar-refractivity contribution in [3.8, 4) is 0 Å². The van der Waals surface area contributed by atoms with Crippen molar-refractivity contribution in [3.05, 3.63) is 23.7 Å². The van der Waals surface area contributed by atoms with Crippen LogP contribution in [0.5, 0.6) is 0 Å². The Morgan fingerprint density at radius 2 is 2.41 bits per heavy atom. The lowest BCUT2D eigenvalue weighted by Crippen LogP contribution is -2.35. The lowest BCUT2D eigenvalue weighted by atomic mass is 9.86. The van der Waals surface area contributed by atoms with E-state index in [0.29, 0.717) is 17.5 Å². The van der Waals surface area contributed by atoms with Gasteiger partial charge in [-0.2, -0.15) is 0 Å². The van der Waals surface area contributed by atoms with Gasteiger partial charge < -0.3 is 15.5 Å². The second kappa shape index (κ2) is 5.36. The van der Waals surface area contributed by atoms with E-state index in [-0.39, 0.29) is 5.91 Å². The van der Waals surface area contributed by atoms with Crippen molar-refractivity contribution in [1.82, 2.24) is 5.32 Å². The van der Waals surface area contributed by atoms with E-state index in [1.54, 1.807) is 6.07 Å². The van der Waals surface area contributed by atoms with E-state index in [2.05, 4.69) is 5.32 Å². The third-order valence-electron chi connectivity index (χ3n) is 3.37. The number of carbonyl (C=O) groups is 1. The van der Waals surface area contributed by atoms with Gasteiger partial charge in [-0.1, -0.05) is 6.42 Å².